The van der Waals surface area contributed by atoms with Crippen molar-refractivity contribution in [2.45, 2.75) is 39.2 Å². The fourth-order valence-corrected chi connectivity index (χ4v) is 16.4. The molecule has 10 rings (SSSR count). The molecule has 9 aromatic carbocycles. The summed E-state index contributed by atoms with van der Waals surface area (Å²) < 4.78 is 2.45. The number of benzene rings is 9. The van der Waals surface area contributed by atoms with Crippen LogP contribution in [0.15, 0.2) is 288 Å². The summed E-state index contributed by atoms with van der Waals surface area (Å²) in [6.07, 6.45) is 0. The Morgan fingerprint density at radius 1 is 0.228 bits per heavy atom. The highest BCUT2D eigenvalue weighted by Crippen LogP contribution is 2.75. The van der Waals surface area contributed by atoms with E-state index in [1.807, 2.05) is 0 Å². The van der Waals surface area contributed by atoms with Crippen LogP contribution in [-0.2, 0) is 0 Å². The smallest absolute Gasteiger partial charge is 0.0541 e. The standard InChI is InChI=1S/C54H41NS2/c1-8-22-42(23-9-1)55-53-38-36-49(56(43-24-10-2-11-25-43,44-26-12-3-13-27-44)45-28-14-4-15-29-45)40-51(53)52-41-50(37-39-54(52)55)57(46-30-16-5-17-31-46,47-32-18-6-19-33-47)48-34-20-7-21-35-48/h1-41H. The van der Waals surface area contributed by atoms with Crippen molar-refractivity contribution < 1.29 is 0 Å². The molecule has 0 radical (unpaired) electrons. The predicted octanol–water partition coefficient (Wildman–Crippen LogP) is 15.5. The Morgan fingerprint density at radius 3 is 0.737 bits per heavy atom. The van der Waals surface area contributed by atoms with Gasteiger partial charge >= 0.3 is 0 Å². The Balaban J connectivity index is 1.34. The average molecular weight is 768 g/mol. The molecule has 0 amide bonds. The summed E-state index contributed by atoms with van der Waals surface area (Å²) in [5, 5.41) is 2.49. The Hall–Kier alpha value is -6.52. The van der Waals surface area contributed by atoms with E-state index >= 15 is 0 Å². The molecule has 0 bridgehead atoms. The van der Waals surface area contributed by atoms with Crippen molar-refractivity contribution in [3.63, 3.8) is 0 Å². The van der Waals surface area contributed by atoms with Crippen LogP contribution < -0.4 is 0 Å². The van der Waals surface area contributed by atoms with Gasteiger partial charge in [-0.05, 0) is 121 Å². The number of nitrogens with zero attached hydrogens (tertiary/aromatic N) is 1. The van der Waals surface area contributed by atoms with Crippen molar-refractivity contribution in [3.05, 3.63) is 249 Å². The van der Waals surface area contributed by atoms with Gasteiger partial charge in [0.2, 0.25) is 0 Å². The highest BCUT2D eigenvalue weighted by molar-refractivity contribution is 8.34. The fourth-order valence-electron chi connectivity index (χ4n) is 8.60. The maximum Gasteiger partial charge on any atom is 0.0541 e. The average Bonchev–Trinajstić information content (AvgIpc) is 3.63. The van der Waals surface area contributed by atoms with Crippen LogP contribution in [0, 0.1) is 0 Å². The van der Waals surface area contributed by atoms with Crippen LogP contribution in [0.25, 0.3) is 27.5 Å². The van der Waals surface area contributed by atoms with Crippen molar-refractivity contribution in [1.82, 2.24) is 4.57 Å². The Morgan fingerprint density at radius 2 is 0.474 bits per heavy atom. The van der Waals surface area contributed by atoms with E-state index in [1.165, 1.54) is 61.0 Å². The van der Waals surface area contributed by atoms with E-state index in [-0.39, 0.29) is 0 Å². The molecule has 1 nitrogen and oxygen atoms in total. The third-order valence-electron chi connectivity index (χ3n) is 11.0. The van der Waals surface area contributed by atoms with Crippen LogP contribution in [0.5, 0.6) is 0 Å². The first-order chi connectivity index (χ1) is 28.3. The molecule has 1 aromatic heterocycles. The van der Waals surface area contributed by atoms with Crippen molar-refractivity contribution in [3.8, 4) is 5.69 Å². The summed E-state index contributed by atoms with van der Waals surface area (Å²) in [6.45, 7) is 0. The normalized spacial score (nSPS) is 12.4. The van der Waals surface area contributed by atoms with E-state index in [4.69, 9.17) is 0 Å². The largest absolute Gasteiger partial charge is 0.309 e. The van der Waals surface area contributed by atoms with E-state index in [2.05, 4.69) is 253 Å². The van der Waals surface area contributed by atoms with Crippen LogP contribution in [0.4, 0.5) is 0 Å². The summed E-state index contributed by atoms with van der Waals surface area (Å²) in [4.78, 5) is 10.5. The summed E-state index contributed by atoms with van der Waals surface area (Å²) >= 11 is 0. The number of hydrogen-bond acceptors (Lipinski definition) is 0. The Bertz CT molecular complexity index is 2540. The van der Waals surface area contributed by atoms with Crippen molar-refractivity contribution >= 4 is 41.9 Å². The van der Waals surface area contributed by atoms with Crippen LogP contribution in [0.1, 0.15) is 0 Å². The zero-order valence-electron chi connectivity index (χ0n) is 31.4. The molecule has 0 saturated carbocycles. The highest BCUT2D eigenvalue weighted by atomic mass is 32.3. The van der Waals surface area contributed by atoms with Gasteiger partial charge in [0.25, 0.3) is 0 Å². The maximum atomic E-state index is 2.52. The molecular weight excluding hydrogens is 727 g/mol. The maximum absolute atomic E-state index is 2.52. The quantitative estimate of drug-likeness (QED) is 0.138. The molecule has 10 aromatic rings. The molecule has 0 aliphatic rings. The number of aromatic nitrogens is 1. The van der Waals surface area contributed by atoms with Crippen molar-refractivity contribution in [2.75, 3.05) is 0 Å². The molecule has 0 fully saturated rings. The van der Waals surface area contributed by atoms with Gasteiger partial charge in [-0.1, -0.05) is 127 Å². The second-order valence-corrected chi connectivity index (χ2v) is 20.4. The molecule has 1 heterocycles. The topological polar surface area (TPSA) is 4.93 Å². The SMILES string of the molecule is c1ccc(-n2c3ccc(S(c4ccccc4)(c4ccccc4)c4ccccc4)cc3c3cc(S(c4ccccc4)(c4ccccc4)c4ccccc4)ccc32)cc1. The van der Waals surface area contributed by atoms with Crippen molar-refractivity contribution in [1.29, 1.82) is 0 Å². The predicted molar refractivity (Wildman–Crippen MR) is 241 cm³/mol. The zero-order valence-corrected chi connectivity index (χ0v) is 33.1. The fraction of sp³-hybridized carbons (Fsp3) is 0. The number of fused-ring (bicyclic) bond motifs is 3. The molecule has 0 unspecified atom stereocenters. The van der Waals surface area contributed by atoms with Gasteiger partial charge in [-0.15, -0.1) is 20.1 Å². The first-order valence-electron chi connectivity index (χ1n) is 19.4. The van der Waals surface area contributed by atoms with Crippen LogP contribution >= 0.6 is 20.1 Å². The molecule has 0 spiro atoms. The van der Waals surface area contributed by atoms with Gasteiger partial charge in [0.15, 0.2) is 0 Å². The monoisotopic (exact) mass is 767 g/mol. The molecule has 57 heavy (non-hydrogen) atoms. The molecule has 0 atom stereocenters. The molecule has 0 N–H and O–H groups in total. The summed E-state index contributed by atoms with van der Waals surface area (Å²) in [6, 6.07) is 92.3. The lowest BCUT2D eigenvalue weighted by Crippen LogP contribution is -2.05. The van der Waals surface area contributed by atoms with Crippen LogP contribution in [-0.4, -0.2) is 4.57 Å². The summed E-state index contributed by atoms with van der Waals surface area (Å²) in [7, 11) is -3.80. The van der Waals surface area contributed by atoms with Gasteiger partial charge in [0, 0.05) is 55.6 Å². The minimum absolute atomic E-state index is 1.15. The second kappa shape index (κ2) is 14.9. The van der Waals surface area contributed by atoms with Gasteiger partial charge in [0.05, 0.1) is 11.0 Å². The summed E-state index contributed by atoms with van der Waals surface area (Å²) in [5.41, 5.74) is 3.54. The van der Waals surface area contributed by atoms with E-state index in [0.29, 0.717) is 0 Å². The van der Waals surface area contributed by atoms with E-state index < -0.39 is 20.1 Å². The van der Waals surface area contributed by atoms with E-state index in [9.17, 15) is 0 Å². The lowest BCUT2D eigenvalue weighted by atomic mass is 10.1. The van der Waals surface area contributed by atoms with Gasteiger partial charge in [-0.2, -0.15) is 0 Å². The molecular formula is C54H41NS2. The number of para-hydroxylation sites is 1. The molecule has 0 aliphatic heterocycles. The first-order valence-corrected chi connectivity index (χ1v) is 22.7. The molecule has 274 valence electrons. The third-order valence-corrected chi connectivity index (χ3v) is 18.8. The van der Waals surface area contributed by atoms with Crippen molar-refractivity contribution in [2.24, 2.45) is 0 Å². The summed E-state index contributed by atoms with van der Waals surface area (Å²) in [5.74, 6) is 0. The Kier molecular flexibility index (Phi) is 9.10. The van der Waals surface area contributed by atoms with Crippen LogP contribution in [0.2, 0.25) is 0 Å². The first kappa shape index (κ1) is 34.9. The number of hydrogen-bond donors (Lipinski definition) is 0. The van der Waals surface area contributed by atoms with E-state index in [0.717, 1.165) is 5.69 Å². The van der Waals surface area contributed by atoms with Gasteiger partial charge in [-0.3, -0.25) is 0 Å². The lowest BCUT2D eigenvalue weighted by Gasteiger charge is -2.42. The van der Waals surface area contributed by atoms with Gasteiger partial charge < -0.3 is 4.57 Å². The lowest BCUT2D eigenvalue weighted by molar-refractivity contribution is 1.17. The number of rotatable bonds is 9. The minimum Gasteiger partial charge on any atom is -0.309 e. The van der Waals surface area contributed by atoms with Gasteiger partial charge in [0.1, 0.15) is 0 Å². The zero-order chi connectivity index (χ0) is 38.1. The third kappa shape index (κ3) is 5.73. The van der Waals surface area contributed by atoms with E-state index in [1.54, 1.807) is 0 Å². The molecule has 0 aliphatic carbocycles. The second-order valence-electron chi connectivity index (χ2n) is 14.1. The molecule has 0 saturated heterocycles. The Labute approximate surface area is 338 Å². The van der Waals surface area contributed by atoms with Gasteiger partial charge in [-0.25, -0.2) is 0 Å². The molecule has 3 heteroatoms. The van der Waals surface area contributed by atoms with Crippen LogP contribution in [0.3, 0.4) is 0 Å². The highest BCUT2D eigenvalue weighted by Gasteiger charge is 2.36. The minimum atomic E-state index is -1.90.